The highest BCUT2D eigenvalue weighted by atomic mass is 19.4. The molecule has 4 N–H and O–H groups in total. The fraction of sp³-hybridized carbons (Fsp3) is 0.375. The van der Waals surface area contributed by atoms with Gasteiger partial charge in [-0.3, -0.25) is 14.4 Å². The number of hydrogen-bond acceptors (Lipinski definition) is 5. The monoisotopic (exact) mass is 785 g/mol. The molecule has 296 valence electrons. The fourth-order valence-corrected chi connectivity index (χ4v) is 7.93. The van der Waals surface area contributed by atoms with Gasteiger partial charge in [-0.25, -0.2) is 4.39 Å². The molecule has 0 aliphatic carbocycles. The van der Waals surface area contributed by atoms with E-state index in [2.05, 4.69) is 20.6 Å². The molecule has 1 fully saturated rings. The van der Waals surface area contributed by atoms with Gasteiger partial charge in [-0.15, -0.1) is 0 Å². The summed E-state index contributed by atoms with van der Waals surface area (Å²) >= 11 is 0. The van der Waals surface area contributed by atoms with Crippen molar-refractivity contribution in [3.05, 3.63) is 99.1 Å². The van der Waals surface area contributed by atoms with Crippen LogP contribution in [0.3, 0.4) is 0 Å². The number of hydrogen-bond donors (Lipinski definition) is 4. The molecule has 16 heteroatoms. The number of halogens is 7. The van der Waals surface area contributed by atoms with Gasteiger partial charge >= 0.3 is 12.4 Å². The minimum atomic E-state index is -4.85. The van der Waals surface area contributed by atoms with Crippen LogP contribution >= 0.6 is 0 Å². The Bertz CT molecular complexity index is 2330. The van der Waals surface area contributed by atoms with E-state index in [9.17, 15) is 45.1 Å². The van der Waals surface area contributed by atoms with Crippen LogP contribution < -0.4 is 21.1 Å². The molecule has 4 heterocycles. The number of aromatic amines is 2. The Morgan fingerprint density at radius 3 is 2.45 bits per heavy atom. The van der Waals surface area contributed by atoms with E-state index in [0.29, 0.717) is 36.4 Å². The molecule has 7 rings (SSSR count). The van der Waals surface area contributed by atoms with Gasteiger partial charge < -0.3 is 30.2 Å². The number of unbranched alkanes of at least 4 members (excludes halogenated alkanes) is 1. The lowest BCUT2D eigenvalue weighted by Gasteiger charge is -2.36. The fourth-order valence-electron chi connectivity index (χ4n) is 7.93. The van der Waals surface area contributed by atoms with Crippen LogP contribution in [0.4, 0.5) is 36.4 Å². The Balaban J connectivity index is 0.935. The van der Waals surface area contributed by atoms with E-state index in [1.807, 2.05) is 24.3 Å². The van der Waals surface area contributed by atoms with Gasteiger partial charge in [0, 0.05) is 71.4 Å². The highest BCUT2D eigenvalue weighted by Crippen LogP contribution is 2.41. The van der Waals surface area contributed by atoms with Crippen molar-refractivity contribution in [2.75, 3.05) is 18.1 Å². The lowest BCUT2D eigenvalue weighted by atomic mass is 9.99. The normalized spacial score (nSPS) is 18.0. The van der Waals surface area contributed by atoms with Crippen LogP contribution in [0, 0.1) is 5.82 Å². The van der Waals surface area contributed by atoms with Gasteiger partial charge in [0.15, 0.2) is 6.10 Å². The van der Waals surface area contributed by atoms with Crippen LogP contribution in [0.1, 0.15) is 66.1 Å². The Labute approximate surface area is 315 Å². The molecule has 5 aromatic rings. The molecule has 9 nitrogen and oxygen atoms in total. The summed E-state index contributed by atoms with van der Waals surface area (Å²) in [6.45, 7) is 2.03. The number of rotatable bonds is 11. The molecule has 0 spiro atoms. The third-order valence-corrected chi connectivity index (χ3v) is 10.5. The molecule has 0 radical (unpaired) electrons. The highest BCUT2D eigenvalue weighted by molar-refractivity contribution is 6.10. The molecule has 56 heavy (non-hydrogen) atoms. The number of benzene rings is 3. The number of fused-ring (bicyclic) bond motifs is 1. The van der Waals surface area contributed by atoms with Crippen molar-refractivity contribution in [3.8, 4) is 11.3 Å². The summed E-state index contributed by atoms with van der Waals surface area (Å²) < 4.78 is 104. The molecule has 2 aromatic heterocycles. The van der Waals surface area contributed by atoms with Crippen molar-refractivity contribution in [1.29, 1.82) is 0 Å². The Hall–Kier alpha value is -5.38. The highest BCUT2D eigenvalue weighted by Gasteiger charge is 2.50. The van der Waals surface area contributed by atoms with Crippen molar-refractivity contribution in [3.63, 3.8) is 0 Å². The van der Waals surface area contributed by atoms with Gasteiger partial charge in [0.2, 0.25) is 11.5 Å². The SMILES string of the molecule is C[C@H]1CCC(C(OCCCCC(=O)NCc2ccc(-c3[nH]c4cc(F)cc5c4c3CCNC5=O)cc2)C(F)(F)F)N1c1ccc2[nH]c(=O)cc(C(F)(F)F)c2c1. The maximum atomic E-state index is 14.4. The molecular formula is C40H38F7N5O4. The molecule has 2 aliphatic heterocycles. The van der Waals surface area contributed by atoms with Crippen LogP contribution in [0.25, 0.3) is 33.1 Å². The third-order valence-electron chi connectivity index (χ3n) is 10.5. The summed E-state index contributed by atoms with van der Waals surface area (Å²) in [4.78, 5) is 44.0. The quantitative estimate of drug-likeness (QED) is 0.0802. The summed E-state index contributed by atoms with van der Waals surface area (Å²) in [6.07, 6.45) is -10.4. The van der Waals surface area contributed by atoms with Gasteiger partial charge in [0.1, 0.15) is 5.82 Å². The molecule has 1 saturated heterocycles. The molecule has 3 aromatic carbocycles. The van der Waals surface area contributed by atoms with Crippen molar-refractivity contribution in [1.82, 2.24) is 20.6 Å². The second kappa shape index (κ2) is 15.3. The molecule has 3 atom stereocenters. The van der Waals surface area contributed by atoms with Gasteiger partial charge in [0.05, 0.1) is 17.2 Å². The maximum absolute atomic E-state index is 14.4. The van der Waals surface area contributed by atoms with E-state index in [-0.39, 0.29) is 72.8 Å². The number of amides is 2. The number of carbonyl (C=O) groups excluding carboxylic acids is 2. The van der Waals surface area contributed by atoms with Crippen LogP contribution in [-0.2, 0) is 28.7 Å². The number of nitrogens with zero attached hydrogens (tertiary/aromatic N) is 1. The van der Waals surface area contributed by atoms with Gasteiger partial charge in [-0.1, -0.05) is 24.3 Å². The zero-order valence-corrected chi connectivity index (χ0v) is 30.1. The molecule has 2 unspecified atom stereocenters. The van der Waals surface area contributed by atoms with E-state index < -0.39 is 47.5 Å². The lowest BCUT2D eigenvalue weighted by Crippen LogP contribution is -2.50. The van der Waals surface area contributed by atoms with E-state index in [1.54, 1.807) is 6.92 Å². The maximum Gasteiger partial charge on any atom is 0.417 e. The Morgan fingerprint density at radius 1 is 0.946 bits per heavy atom. The molecule has 2 amide bonds. The van der Waals surface area contributed by atoms with Crippen molar-refractivity contribution >= 4 is 39.3 Å². The second-order valence-corrected chi connectivity index (χ2v) is 14.3. The largest absolute Gasteiger partial charge is 0.417 e. The summed E-state index contributed by atoms with van der Waals surface area (Å²) in [5.41, 5.74) is 2.06. The number of anilines is 1. The van der Waals surface area contributed by atoms with Crippen LogP contribution in [0.2, 0.25) is 0 Å². The molecule has 0 bridgehead atoms. The summed E-state index contributed by atoms with van der Waals surface area (Å²) in [7, 11) is 0. The number of carbonyl (C=O) groups is 2. The first-order chi connectivity index (χ1) is 26.6. The predicted octanol–water partition coefficient (Wildman–Crippen LogP) is 7.91. The van der Waals surface area contributed by atoms with Crippen molar-refractivity contribution in [2.24, 2.45) is 0 Å². The standard InChI is InChI=1S/C40H38F7N5O4/c1-21-5-12-32(52(21)25-10-11-30-27(18-25)29(39(42,43)44)19-34(54)50-30)37(40(45,46)47)56-15-3-2-4-33(53)49-20-22-6-8-23(9-7-22)36-26-13-14-48-38(55)28-16-24(41)17-31(51-36)35(26)28/h6-11,16-19,21,32,37,51H,2-5,12-15,20H2,1H3,(H,48,55)(H,49,53)(H,50,54)/t21-,32?,37?/m0/s1. The number of nitrogens with one attached hydrogen (secondary N) is 4. The molecule has 2 aliphatic rings. The van der Waals surface area contributed by atoms with Gasteiger partial charge in [-0.2, -0.15) is 26.3 Å². The Morgan fingerprint density at radius 2 is 1.71 bits per heavy atom. The van der Waals surface area contributed by atoms with Crippen LogP contribution in [0.5, 0.6) is 0 Å². The summed E-state index contributed by atoms with van der Waals surface area (Å²) in [5.74, 6) is -1.14. The zero-order chi connectivity index (χ0) is 39.9. The minimum Gasteiger partial charge on any atom is -0.367 e. The average Bonchev–Trinajstić information content (AvgIpc) is 3.64. The minimum absolute atomic E-state index is 0.0511. The summed E-state index contributed by atoms with van der Waals surface area (Å²) in [5, 5.41) is 5.97. The van der Waals surface area contributed by atoms with Gasteiger partial charge in [-0.05, 0) is 86.1 Å². The van der Waals surface area contributed by atoms with E-state index in [1.165, 1.54) is 29.2 Å². The number of ether oxygens (including phenoxy) is 1. The summed E-state index contributed by atoms with van der Waals surface area (Å²) in [6, 6.07) is 12.6. The predicted molar refractivity (Wildman–Crippen MR) is 196 cm³/mol. The number of pyridine rings is 1. The molecule has 0 saturated carbocycles. The molecular weight excluding hydrogens is 747 g/mol. The number of H-pyrrole nitrogens is 2. The van der Waals surface area contributed by atoms with Crippen LogP contribution in [0.15, 0.2) is 65.5 Å². The smallest absolute Gasteiger partial charge is 0.367 e. The van der Waals surface area contributed by atoms with E-state index in [0.717, 1.165) is 28.5 Å². The van der Waals surface area contributed by atoms with Crippen molar-refractivity contribution < 1.29 is 45.1 Å². The first-order valence-electron chi connectivity index (χ1n) is 18.3. The first-order valence-corrected chi connectivity index (χ1v) is 18.3. The second-order valence-electron chi connectivity index (χ2n) is 14.3. The van der Waals surface area contributed by atoms with Gasteiger partial charge in [0.25, 0.3) is 5.91 Å². The van der Waals surface area contributed by atoms with Crippen LogP contribution in [-0.4, -0.2) is 59.3 Å². The topological polar surface area (TPSA) is 119 Å². The Kier molecular flexibility index (Phi) is 10.6. The first kappa shape index (κ1) is 38.9. The van der Waals surface area contributed by atoms with E-state index in [4.69, 9.17) is 4.74 Å². The zero-order valence-electron chi connectivity index (χ0n) is 30.1. The van der Waals surface area contributed by atoms with Crippen molar-refractivity contribution in [2.45, 2.75) is 82.5 Å². The van der Waals surface area contributed by atoms with E-state index >= 15 is 0 Å². The average molecular weight is 786 g/mol. The third kappa shape index (κ3) is 7.97. The number of aromatic nitrogens is 2. The lowest BCUT2D eigenvalue weighted by molar-refractivity contribution is -0.226. The number of alkyl halides is 6.